The van der Waals surface area contributed by atoms with Crippen molar-refractivity contribution in [1.29, 1.82) is 0 Å². The van der Waals surface area contributed by atoms with E-state index in [1.807, 2.05) is 0 Å². The van der Waals surface area contributed by atoms with Gasteiger partial charge >= 0.3 is 0 Å². The summed E-state index contributed by atoms with van der Waals surface area (Å²) in [6, 6.07) is 0.831. The minimum atomic E-state index is 0.406. The topological polar surface area (TPSA) is 37.2 Å². The molecule has 0 aromatic rings. The number of hydrogen-bond donors (Lipinski definition) is 0. The second-order valence-corrected chi connectivity index (χ2v) is 3.11. The maximum atomic E-state index is 5.05. The van der Waals surface area contributed by atoms with Crippen molar-refractivity contribution in [3.8, 4) is 0 Å². The summed E-state index contributed by atoms with van der Waals surface area (Å²) in [4.78, 5) is 5.05. The Morgan fingerprint density at radius 2 is 2.18 bits per heavy atom. The molecule has 2 unspecified atom stereocenters. The highest BCUT2D eigenvalue weighted by molar-refractivity contribution is 4.86. The van der Waals surface area contributed by atoms with Crippen LogP contribution in [0.2, 0.25) is 0 Å². The largest absolute Gasteiger partial charge is 0.258 e. The van der Waals surface area contributed by atoms with Crippen LogP contribution >= 0.6 is 0 Å². The molecule has 1 aliphatic heterocycles. The van der Waals surface area contributed by atoms with Crippen LogP contribution in [0.4, 0.5) is 0 Å². The van der Waals surface area contributed by atoms with Crippen molar-refractivity contribution in [3.63, 3.8) is 0 Å². The van der Waals surface area contributed by atoms with E-state index in [4.69, 9.17) is 4.84 Å². The highest BCUT2D eigenvalue weighted by Gasteiger charge is 2.34. The lowest BCUT2D eigenvalue weighted by molar-refractivity contribution is -0.158. The lowest BCUT2D eigenvalue weighted by atomic mass is 9.92. The van der Waals surface area contributed by atoms with E-state index in [9.17, 15) is 0 Å². The Bertz CT molecular complexity index is 163. The molecule has 0 N–H and O–H groups in total. The van der Waals surface area contributed by atoms with Gasteiger partial charge in [0.25, 0.3) is 0 Å². The Hall–Kier alpha value is -0.640. The molecule has 4 heteroatoms. The molecule has 1 heterocycles. The van der Waals surface area contributed by atoms with Crippen molar-refractivity contribution in [2.24, 2.45) is 10.3 Å². The molecule has 2 rings (SSSR count). The predicted molar refractivity (Wildman–Crippen MR) is 39.7 cm³/mol. The molecule has 0 aromatic heterocycles. The van der Waals surface area contributed by atoms with Gasteiger partial charge in [0.05, 0.1) is 13.2 Å². The van der Waals surface area contributed by atoms with Crippen molar-refractivity contribution >= 4 is 0 Å². The maximum absolute atomic E-state index is 5.05. The lowest BCUT2D eigenvalue weighted by Crippen LogP contribution is -2.36. The fourth-order valence-corrected chi connectivity index (χ4v) is 1.84. The molecule has 2 aliphatic rings. The summed E-state index contributed by atoms with van der Waals surface area (Å²) in [6.07, 6.45) is 4.92. The van der Waals surface area contributed by atoms with E-state index in [1.54, 1.807) is 12.3 Å². The van der Waals surface area contributed by atoms with Gasteiger partial charge in [0.2, 0.25) is 0 Å². The molecule has 1 aliphatic carbocycles. The third-order valence-corrected chi connectivity index (χ3v) is 2.45. The second kappa shape index (κ2) is 2.77. The van der Waals surface area contributed by atoms with E-state index >= 15 is 0 Å². The summed E-state index contributed by atoms with van der Waals surface area (Å²) in [5, 5.41) is 9.71. The molecule has 0 aromatic carbocycles. The van der Waals surface area contributed by atoms with Crippen molar-refractivity contribution < 1.29 is 4.84 Å². The average Bonchev–Trinajstić information content (AvgIpc) is 2.47. The fraction of sp³-hybridized carbons (Fsp3) is 1.00. The molecule has 1 fully saturated rings. The van der Waals surface area contributed by atoms with Crippen molar-refractivity contribution in [2.75, 3.05) is 7.11 Å². The molecular formula is C7H13N3O. The Morgan fingerprint density at radius 1 is 1.36 bits per heavy atom. The standard InChI is InChI=1S/C7H13N3O/c1-11-10-7-5-3-2-4-6(7)8-9-10/h6-7H,2-5H2,1H3. The first kappa shape index (κ1) is 7.03. The van der Waals surface area contributed by atoms with Crippen LogP contribution in [-0.2, 0) is 4.84 Å². The molecule has 11 heavy (non-hydrogen) atoms. The van der Waals surface area contributed by atoms with Crippen LogP contribution in [0, 0.1) is 0 Å². The van der Waals surface area contributed by atoms with Crippen LogP contribution in [0.5, 0.6) is 0 Å². The zero-order chi connectivity index (χ0) is 7.68. The monoisotopic (exact) mass is 155 g/mol. The van der Waals surface area contributed by atoms with E-state index in [0.717, 1.165) is 0 Å². The van der Waals surface area contributed by atoms with Gasteiger partial charge in [-0.15, -0.1) is 5.17 Å². The van der Waals surface area contributed by atoms with E-state index in [2.05, 4.69) is 10.3 Å². The quantitative estimate of drug-likeness (QED) is 0.576. The van der Waals surface area contributed by atoms with Crippen molar-refractivity contribution in [3.05, 3.63) is 0 Å². The summed E-state index contributed by atoms with van der Waals surface area (Å²) in [5.41, 5.74) is 0. The molecule has 0 saturated heterocycles. The number of hydroxylamine groups is 1. The number of nitrogens with zero attached hydrogens (tertiary/aromatic N) is 3. The van der Waals surface area contributed by atoms with E-state index in [0.29, 0.717) is 12.1 Å². The summed E-state index contributed by atoms with van der Waals surface area (Å²) < 4.78 is 0. The van der Waals surface area contributed by atoms with Gasteiger partial charge in [0, 0.05) is 0 Å². The highest BCUT2D eigenvalue weighted by Crippen LogP contribution is 2.30. The first-order valence-electron chi connectivity index (χ1n) is 4.16. The Labute approximate surface area is 66.2 Å². The van der Waals surface area contributed by atoms with Crippen LogP contribution < -0.4 is 0 Å². The van der Waals surface area contributed by atoms with Gasteiger partial charge in [-0.3, -0.25) is 4.84 Å². The van der Waals surface area contributed by atoms with Crippen molar-refractivity contribution in [2.45, 2.75) is 37.8 Å². The molecule has 0 spiro atoms. The smallest absolute Gasteiger partial charge is 0.102 e. The Kier molecular flexibility index (Phi) is 1.77. The van der Waals surface area contributed by atoms with E-state index < -0.39 is 0 Å². The lowest BCUT2D eigenvalue weighted by Gasteiger charge is -2.26. The number of fused-ring (bicyclic) bond motifs is 1. The van der Waals surface area contributed by atoms with Crippen LogP contribution in [0.25, 0.3) is 0 Å². The van der Waals surface area contributed by atoms with Gasteiger partial charge in [-0.2, -0.15) is 5.11 Å². The van der Waals surface area contributed by atoms with Gasteiger partial charge in [-0.1, -0.05) is 12.8 Å². The first-order chi connectivity index (χ1) is 5.42. The van der Waals surface area contributed by atoms with Gasteiger partial charge in [0.1, 0.15) is 6.04 Å². The first-order valence-corrected chi connectivity index (χ1v) is 4.16. The molecule has 0 bridgehead atoms. The predicted octanol–water partition coefficient (Wildman–Crippen LogP) is 1.54. The minimum absolute atomic E-state index is 0.406. The van der Waals surface area contributed by atoms with Crippen LogP contribution in [0.1, 0.15) is 25.7 Å². The van der Waals surface area contributed by atoms with Crippen LogP contribution in [0.3, 0.4) is 0 Å². The summed E-state index contributed by atoms with van der Waals surface area (Å²) in [7, 11) is 1.65. The Morgan fingerprint density at radius 3 is 3.00 bits per heavy atom. The highest BCUT2D eigenvalue weighted by atomic mass is 16.7. The minimum Gasteiger partial charge on any atom is -0.258 e. The third-order valence-electron chi connectivity index (χ3n) is 2.45. The Balaban J connectivity index is 2.03. The van der Waals surface area contributed by atoms with Crippen molar-refractivity contribution in [1.82, 2.24) is 5.17 Å². The second-order valence-electron chi connectivity index (χ2n) is 3.11. The van der Waals surface area contributed by atoms with Gasteiger partial charge in [-0.05, 0) is 18.1 Å². The molecule has 0 radical (unpaired) electrons. The van der Waals surface area contributed by atoms with Crippen LogP contribution in [-0.4, -0.2) is 24.4 Å². The van der Waals surface area contributed by atoms with Gasteiger partial charge in [-0.25, -0.2) is 0 Å². The molecule has 0 amide bonds. The summed E-state index contributed by atoms with van der Waals surface area (Å²) in [6.45, 7) is 0. The normalized spacial score (nSPS) is 35.9. The summed E-state index contributed by atoms with van der Waals surface area (Å²) >= 11 is 0. The maximum Gasteiger partial charge on any atom is 0.102 e. The molecular weight excluding hydrogens is 142 g/mol. The average molecular weight is 155 g/mol. The number of rotatable bonds is 1. The fourth-order valence-electron chi connectivity index (χ4n) is 1.84. The van der Waals surface area contributed by atoms with E-state index in [1.165, 1.54) is 25.7 Å². The third kappa shape index (κ3) is 1.11. The molecule has 62 valence electrons. The van der Waals surface area contributed by atoms with Crippen LogP contribution in [0.15, 0.2) is 10.3 Å². The number of hydrogen-bond acceptors (Lipinski definition) is 4. The van der Waals surface area contributed by atoms with Gasteiger partial charge < -0.3 is 0 Å². The SMILES string of the molecule is CON1N=NC2CCCCC21. The van der Waals surface area contributed by atoms with E-state index in [-0.39, 0.29) is 0 Å². The van der Waals surface area contributed by atoms with Gasteiger partial charge in [0.15, 0.2) is 0 Å². The molecule has 2 atom stereocenters. The zero-order valence-electron chi connectivity index (χ0n) is 6.73. The summed E-state index contributed by atoms with van der Waals surface area (Å²) in [5.74, 6) is 0. The molecule has 4 nitrogen and oxygen atoms in total. The zero-order valence-corrected chi connectivity index (χ0v) is 6.73. The molecule has 1 saturated carbocycles.